The second kappa shape index (κ2) is 8.00. The Morgan fingerprint density at radius 1 is 1.22 bits per heavy atom. The largest absolute Gasteiger partial charge is 0.465 e. The third-order valence-electron chi connectivity index (χ3n) is 3.18. The van der Waals surface area contributed by atoms with Gasteiger partial charge in [-0.05, 0) is 18.1 Å². The van der Waals surface area contributed by atoms with Gasteiger partial charge in [-0.25, -0.2) is 9.78 Å². The molecule has 0 radical (unpaired) electrons. The third-order valence-corrected chi connectivity index (χ3v) is 3.18. The molecule has 0 aliphatic heterocycles. The summed E-state index contributed by atoms with van der Waals surface area (Å²) in [5.41, 5.74) is 1.63. The van der Waals surface area contributed by atoms with Crippen LogP contribution in [-0.4, -0.2) is 34.1 Å². The van der Waals surface area contributed by atoms with E-state index in [4.69, 9.17) is 9.84 Å². The Bertz CT molecular complexity index is 686. The number of rotatable bonds is 6. The molecule has 1 aromatic heterocycles. The zero-order valence-corrected chi connectivity index (χ0v) is 12.7. The first-order valence-corrected chi connectivity index (χ1v) is 7.02. The van der Waals surface area contributed by atoms with E-state index in [2.05, 4.69) is 15.3 Å². The van der Waals surface area contributed by atoms with Crippen molar-refractivity contribution in [2.24, 2.45) is 0 Å². The van der Waals surface area contributed by atoms with Gasteiger partial charge in [0.05, 0.1) is 37.4 Å². The van der Waals surface area contributed by atoms with Crippen LogP contribution in [0.5, 0.6) is 0 Å². The van der Waals surface area contributed by atoms with Crippen LogP contribution in [0.3, 0.4) is 0 Å². The maximum Gasteiger partial charge on any atom is 0.338 e. The van der Waals surface area contributed by atoms with Crippen molar-refractivity contribution in [1.29, 1.82) is 0 Å². The fraction of sp³-hybridized carbons (Fsp3) is 0.250. The Morgan fingerprint density at radius 3 is 2.65 bits per heavy atom. The lowest BCUT2D eigenvalue weighted by Gasteiger charge is -2.08. The molecule has 1 aromatic carbocycles. The number of nitrogens with zero attached hydrogens (tertiary/aromatic N) is 2. The standard InChI is InChI=1S/C16H17N3O4/c1-23-16(22)13-5-3-2-4-11(13)6-7-15(21)19-14-9-17-12(10-20)8-18-14/h2-5,8-9,20H,6-7,10H2,1H3,(H,18,19,21). The predicted molar refractivity (Wildman–Crippen MR) is 82.7 cm³/mol. The predicted octanol–water partition coefficient (Wildman–Crippen LogP) is 1.33. The first-order chi connectivity index (χ1) is 11.1. The van der Waals surface area contributed by atoms with E-state index in [1.54, 1.807) is 24.3 Å². The second-order valence-corrected chi connectivity index (χ2v) is 4.75. The molecule has 2 rings (SSSR count). The number of benzene rings is 1. The van der Waals surface area contributed by atoms with Gasteiger partial charge in [0.2, 0.25) is 5.91 Å². The van der Waals surface area contributed by atoms with E-state index < -0.39 is 5.97 Å². The maximum atomic E-state index is 11.9. The van der Waals surface area contributed by atoms with Crippen molar-refractivity contribution in [2.75, 3.05) is 12.4 Å². The van der Waals surface area contributed by atoms with E-state index in [-0.39, 0.29) is 18.9 Å². The van der Waals surface area contributed by atoms with Gasteiger partial charge in [0.1, 0.15) is 0 Å². The van der Waals surface area contributed by atoms with Crippen LogP contribution in [0.25, 0.3) is 0 Å². The molecule has 23 heavy (non-hydrogen) atoms. The minimum absolute atomic E-state index is 0.192. The van der Waals surface area contributed by atoms with Crippen molar-refractivity contribution in [3.63, 3.8) is 0 Å². The van der Waals surface area contributed by atoms with Gasteiger partial charge in [-0.2, -0.15) is 0 Å². The van der Waals surface area contributed by atoms with Gasteiger partial charge >= 0.3 is 5.97 Å². The quantitative estimate of drug-likeness (QED) is 0.780. The highest BCUT2D eigenvalue weighted by Gasteiger charge is 2.12. The monoisotopic (exact) mass is 315 g/mol. The van der Waals surface area contributed by atoms with E-state index in [1.165, 1.54) is 19.5 Å². The molecule has 2 N–H and O–H groups in total. The minimum Gasteiger partial charge on any atom is -0.465 e. The van der Waals surface area contributed by atoms with Crippen molar-refractivity contribution in [1.82, 2.24) is 9.97 Å². The number of esters is 1. The van der Waals surface area contributed by atoms with Gasteiger partial charge in [-0.15, -0.1) is 0 Å². The van der Waals surface area contributed by atoms with Crippen molar-refractivity contribution >= 4 is 17.7 Å². The Kier molecular flexibility index (Phi) is 5.76. The van der Waals surface area contributed by atoms with Crippen LogP contribution >= 0.6 is 0 Å². The topological polar surface area (TPSA) is 101 Å². The van der Waals surface area contributed by atoms with Crippen molar-refractivity contribution in [3.05, 3.63) is 53.5 Å². The first kappa shape index (κ1) is 16.6. The molecule has 7 nitrogen and oxygen atoms in total. The number of nitrogens with one attached hydrogen (secondary N) is 1. The molecule has 1 amide bonds. The van der Waals surface area contributed by atoms with Crippen LogP contribution in [0.15, 0.2) is 36.7 Å². The highest BCUT2D eigenvalue weighted by atomic mass is 16.5. The van der Waals surface area contributed by atoms with Crippen LogP contribution in [0, 0.1) is 0 Å². The van der Waals surface area contributed by atoms with Crippen LogP contribution in [-0.2, 0) is 22.6 Å². The number of aromatic nitrogens is 2. The number of hydrogen-bond acceptors (Lipinski definition) is 6. The summed E-state index contributed by atoms with van der Waals surface area (Å²) in [7, 11) is 1.32. The number of aryl methyl sites for hydroxylation is 1. The molecule has 0 saturated carbocycles. The Hall–Kier alpha value is -2.80. The van der Waals surface area contributed by atoms with Crippen molar-refractivity contribution in [3.8, 4) is 0 Å². The molecule has 7 heteroatoms. The molecule has 2 aromatic rings. The van der Waals surface area contributed by atoms with Gasteiger partial charge in [-0.1, -0.05) is 18.2 Å². The van der Waals surface area contributed by atoms with Gasteiger partial charge in [-0.3, -0.25) is 9.78 Å². The molecule has 0 unspecified atom stereocenters. The lowest BCUT2D eigenvalue weighted by molar-refractivity contribution is -0.116. The molecule has 0 spiro atoms. The lowest BCUT2D eigenvalue weighted by atomic mass is 10.0. The summed E-state index contributed by atoms with van der Waals surface area (Å²) in [4.78, 5) is 31.5. The number of carbonyl (C=O) groups excluding carboxylic acids is 2. The van der Waals surface area contributed by atoms with Crippen molar-refractivity contribution in [2.45, 2.75) is 19.4 Å². The van der Waals surface area contributed by atoms with E-state index in [1.807, 2.05) is 0 Å². The van der Waals surface area contributed by atoms with Crippen molar-refractivity contribution < 1.29 is 19.4 Å². The third kappa shape index (κ3) is 4.58. The number of carbonyl (C=O) groups is 2. The fourth-order valence-corrected chi connectivity index (χ4v) is 2.00. The average Bonchev–Trinajstić information content (AvgIpc) is 2.60. The van der Waals surface area contributed by atoms with Gasteiger partial charge in [0.25, 0.3) is 0 Å². The summed E-state index contributed by atoms with van der Waals surface area (Å²) < 4.78 is 4.72. The summed E-state index contributed by atoms with van der Waals surface area (Å²) in [6.07, 6.45) is 3.37. The number of ether oxygens (including phenoxy) is 1. The van der Waals surface area contributed by atoms with Crippen LogP contribution in [0.2, 0.25) is 0 Å². The number of anilines is 1. The zero-order valence-electron chi connectivity index (χ0n) is 12.7. The van der Waals surface area contributed by atoms with Crippen LogP contribution in [0.1, 0.15) is 28.0 Å². The van der Waals surface area contributed by atoms with E-state index in [0.717, 1.165) is 5.56 Å². The molecular weight excluding hydrogens is 298 g/mol. The van der Waals surface area contributed by atoms with E-state index in [9.17, 15) is 9.59 Å². The summed E-state index contributed by atoms with van der Waals surface area (Å²) in [6.45, 7) is -0.203. The number of aliphatic hydroxyl groups excluding tert-OH is 1. The number of amides is 1. The molecule has 0 bridgehead atoms. The van der Waals surface area contributed by atoms with Gasteiger partial charge in [0, 0.05) is 6.42 Å². The summed E-state index contributed by atoms with van der Waals surface area (Å²) in [5, 5.41) is 11.5. The number of aliphatic hydroxyl groups is 1. The van der Waals surface area contributed by atoms with E-state index >= 15 is 0 Å². The normalized spacial score (nSPS) is 10.2. The maximum absolute atomic E-state index is 11.9. The SMILES string of the molecule is COC(=O)c1ccccc1CCC(=O)Nc1cnc(CO)cn1. The Labute approximate surface area is 133 Å². The fourth-order valence-electron chi connectivity index (χ4n) is 2.00. The van der Waals surface area contributed by atoms with Crippen LogP contribution in [0.4, 0.5) is 5.82 Å². The molecule has 0 atom stereocenters. The van der Waals surface area contributed by atoms with Gasteiger partial charge < -0.3 is 15.2 Å². The molecule has 0 aliphatic rings. The molecule has 0 saturated heterocycles. The van der Waals surface area contributed by atoms with E-state index in [0.29, 0.717) is 23.5 Å². The molecular formula is C16H17N3O4. The van der Waals surface area contributed by atoms with Gasteiger partial charge in [0.15, 0.2) is 5.82 Å². The molecule has 1 heterocycles. The second-order valence-electron chi connectivity index (χ2n) is 4.75. The first-order valence-electron chi connectivity index (χ1n) is 7.02. The summed E-state index contributed by atoms with van der Waals surface area (Å²) in [5.74, 6) is -0.351. The average molecular weight is 315 g/mol. The Balaban J connectivity index is 1.95. The smallest absolute Gasteiger partial charge is 0.338 e. The summed E-state index contributed by atoms with van der Waals surface area (Å²) in [6, 6.07) is 7.00. The highest BCUT2D eigenvalue weighted by Crippen LogP contribution is 2.13. The zero-order chi connectivity index (χ0) is 16.7. The summed E-state index contributed by atoms with van der Waals surface area (Å²) >= 11 is 0. The Morgan fingerprint density at radius 2 is 2.00 bits per heavy atom. The highest BCUT2D eigenvalue weighted by molar-refractivity contribution is 5.92. The minimum atomic E-state index is -0.425. The molecule has 0 fully saturated rings. The number of hydrogen-bond donors (Lipinski definition) is 2. The molecule has 0 aliphatic carbocycles. The lowest BCUT2D eigenvalue weighted by Crippen LogP contribution is -2.15. The molecule has 120 valence electrons. The number of methoxy groups -OCH3 is 1. The van der Waals surface area contributed by atoms with Crippen LogP contribution < -0.4 is 5.32 Å².